The lowest BCUT2D eigenvalue weighted by atomic mass is 9.96. The van der Waals surface area contributed by atoms with Crippen molar-refractivity contribution in [1.82, 2.24) is 0 Å². The van der Waals surface area contributed by atoms with Crippen LogP contribution in [0.5, 0.6) is 0 Å². The minimum absolute atomic E-state index is 0.536. The molecule has 2 rings (SSSR count). The number of alkyl halides is 1. The molecule has 0 unspecified atom stereocenters. The summed E-state index contributed by atoms with van der Waals surface area (Å²) in [5, 5.41) is 9.38. The lowest BCUT2D eigenvalue weighted by Gasteiger charge is -2.22. The summed E-state index contributed by atoms with van der Waals surface area (Å²) in [5.74, 6) is -28.9. The molecule has 0 saturated carbocycles. The Morgan fingerprint density at radius 2 is 0.958 bits per heavy atom. The molecule has 0 aliphatic carbocycles. The van der Waals surface area contributed by atoms with E-state index in [9.17, 15) is 49.0 Å². The second-order valence-electron chi connectivity index (χ2n) is 4.41. The van der Waals surface area contributed by atoms with Crippen LogP contribution >= 0.6 is 0 Å². The Balaban J connectivity index is 2.88. The molecule has 2 aromatic rings. The highest BCUT2D eigenvalue weighted by Crippen LogP contribution is 2.39. The van der Waals surface area contributed by atoms with E-state index in [1.807, 2.05) is 0 Å². The minimum atomic E-state index is -4.91. The number of hydrogen-bond acceptors (Lipinski definition) is 1. The van der Waals surface area contributed by atoms with E-state index in [0.717, 1.165) is 0 Å². The van der Waals surface area contributed by atoms with Gasteiger partial charge in [0.25, 0.3) is 5.85 Å². The summed E-state index contributed by atoms with van der Waals surface area (Å²) in [6, 6.07) is -0.536. The summed E-state index contributed by atoms with van der Waals surface area (Å²) in [5.41, 5.74) is -4.86. The van der Waals surface area contributed by atoms with E-state index in [1.165, 1.54) is 0 Å². The van der Waals surface area contributed by atoms with Crippen molar-refractivity contribution in [3.8, 4) is 0 Å². The monoisotopic (exact) mass is 364 g/mol. The molecule has 2 aromatic carbocycles. The van der Waals surface area contributed by atoms with Crippen molar-refractivity contribution in [2.24, 2.45) is 0 Å². The predicted molar refractivity (Wildman–Crippen MR) is 56.6 cm³/mol. The zero-order valence-corrected chi connectivity index (χ0v) is 10.8. The Morgan fingerprint density at radius 3 is 1.42 bits per heavy atom. The lowest BCUT2D eigenvalue weighted by Crippen LogP contribution is -2.28. The van der Waals surface area contributed by atoms with Crippen molar-refractivity contribution in [3.05, 3.63) is 69.5 Å². The van der Waals surface area contributed by atoms with Gasteiger partial charge in [-0.1, -0.05) is 0 Å². The Morgan fingerprint density at radius 1 is 0.583 bits per heavy atom. The SMILES string of the molecule is O[C@@](F)(c1cc(F)c(F)c(F)c1F)c1c(F)c(F)c(F)c(F)c1F. The van der Waals surface area contributed by atoms with Gasteiger partial charge in [0.05, 0.1) is 11.1 Å². The third-order valence-corrected chi connectivity index (χ3v) is 3.00. The first kappa shape index (κ1) is 18.0. The average molecular weight is 364 g/mol. The molecule has 11 heteroatoms. The minimum Gasteiger partial charge on any atom is -0.354 e. The second kappa shape index (κ2) is 5.65. The molecule has 0 heterocycles. The molecular weight excluding hydrogens is 362 g/mol. The van der Waals surface area contributed by atoms with E-state index >= 15 is 0 Å². The summed E-state index contributed by atoms with van der Waals surface area (Å²) < 4.78 is 133. The quantitative estimate of drug-likeness (QED) is 0.483. The van der Waals surface area contributed by atoms with Crippen molar-refractivity contribution in [1.29, 1.82) is 0 Å². The number of benzene rings is 2. The third-order valence-electron chi connectivity index (χ3n) is 3.00. The maximum atomic E-state index is 14.2. The predicted octanol–water partition coefficient (Wildman–Crippen LogP) is 4.10. The van der Waals surface area contributed by atoms with Gasteiger partial charge in [-0.3, -0.25) is 0 Å². The van der Waals surface area contributed by atoms with Gasteiger partial charge in [0.15, 0.2) is 46.5 Å². The van der Waals surface area contributed by atoms with Crippen LogP contribution in [0.4, 0.5) is 43.9 Å². The summed E-state index contributed by atoms with van der Waals surface area (Å²) in [6.45, 7) is 0. The van der Waals surface area contributed by atoms with Gasteiger partial charge in [-0.25, -0.2) is 43.9 Å². The molecule has 1 N–H and O–H groups in total. The molecule has 0 saturated heterocycles. The van der Waals surface area contributed by atoms with Gasteiger partial charge in [-0.15, -0.1) is 0 Å². The molecule has 1 nitrogen and oxygen atoms in total. The van der Waals surface area contributed by atoms with Crippen LogP contribution in [0.15, 0.2) is 6.07 Å². The standard InChI is InChI=1S/C13H2F10O/c14-3-1-2(5(15)9(19)6(3)16)13(23,24)4-7(17)10(20)12(22)11(21)8(4)18/h1,24H/t13-/m0/s1. The second-order valence-corrected chi connectivity index (χ2v) is 4.41. The molecule has 0 aliphatic rings. The normalized spacial score (nSPS) is 14.0. The molecule has 0 fully saturated rings. The fourth-order valence-corrected chi connectivity index (χ4v) is 1.84. The van der Waals surface area contributed by atoms with E-state index < -0.39 is 75.4 Å². The number of halogens is 10. The molecule has 24 heavy (non-hydrogen) atoms. The van der Waals surface area contributed by atoms with Crippen molar-refractivity contribution >= 4 is 0 Å². The fraction of sp³-hybridized carbons (Fsp3) is 0.0769. The van der Waals surface area contributed by atoms with E-state index in [4.69, 9.17) is 0 Å². The topological polar surface area (TPSA) is 20.2 Å². The van der Waals surface area contributed by atoms with E-state index in [1.54, 1.807) is 0 Å². The van der Waals surface area contributed by atoms with Crippen LogP contribution in [0.3, 0.4) is 0 Å². The Hall–Kier alpha value is -2.30. The molecular formula is C13H2F10O. The molecule has 0 aromatic heterocycles. The third kappa shape index (κ3) is 2.39. The molecule has 0 spiro atoms. The van der Waals surface area contributed by atoms with Crippen molar-refractivity contribution in [3.63, 3.8) is 0 Å². The van der Waals surface area contributed by atoms with Crippen LogP contribution in [0.1, 0.15) is 11.1 Å². The number of aliphatic hydroxyl groups is 1. The van der Waals surface area contributed by atoms with Crippen molar-refractivity contribution < 1.29 is 49.0 Å². The first-order chi connectivity index (χ1) is 10.9. The van der Waals surface area contributed by atoms with Crippen LogP contribution in [-0.2, 0) is 5.85 Å². The smallest absolute Gasteiger partial charge is 0.268 e. The Bertz CT molecular complexity index is 817. The van der Waals surface area contributed by atoms with Crippen molar-refractivity contribution in [2.45, 2.75) is 5.85 Å². The molecule has 0 amide bonds. The van der Waals surface area contributed by atoms with Crippen LogP contribution < -0.4 is 0 Å². The summed E-state index contributed by atoms with van der Waals surface area (Å²) in [6.07, 6.45) is 0. The zero-order chi connectivity index (χ0) is 18.6. The molecule has 0 radical (unpaired) electrons. The average Bonchev–Trinajstić information content (AvgIpc) is 2.52. The number of rotatable bonds is 2. The largest absolute Gasteiger partial charge is 0.354 e. The summed E-state index contributed by atoms with van der Waals surface area (Å²) >= 11 is 0. The van der Waals surface area contributed by atoms with E-state index in [0.29, 0.717) is 0 Å². The summed E-state index contributed by atoms with van der Waals surface area (Å²) in [7, 11) is 0. The maximum Gasteiger partial charge on any atom is 0.268 e. The fourth-order valence-electron chi connectivity index (χ4n) is 1.84. The first-order valence-corrected chi connectivity index (χ1v) is 5.69. The molecule has 1 atom stereocenters. The van der Waals surface area contributed by atoms with Gasteiger partial charge >= 0.3 is 0 Å². The highest BCUT2D eigenvalue weighted by atomic mass is 19.2. The first-order valence-electron chi connectivity index (χ1n) is 5.69. The zero-order valence-electron chi connectivity index (χ0n) is 10.8. The highest BCUT2D eigenvalue weighted by molar-refractivity contribution is 5.38. The highest BCUT2D eigenvalue weighted by Gasteiger charge is 2.45. The van der Waals surface area contributed by atoms with Gasteiger partial charge in [0.2, 0.25) is 5.82 Å². The van der Waals surface area contributed by atoms with Gasteiger partial charge in [0, 0.05) is 0 Å². The van der Waals surface area contributed by atoms with Crippen LogP contribution in [0, 0.1) is 52.4 Å². The van der Waals surface area contributed by atoms with Gasteiger partial charge in [-0.2, -0.15) is 0 Å². The summed E-state index contributed by atoms with van der Waals surface area (Å²) in [4.78, 5) is 0. The van der Waals surface area contributed by atoms with Crippen molar-refractivity contribution in [2.75, 3.05) is 0 Å². The van der Waals surface area contributed by atoms with Gasteiger partial charge in [0.1, 0.15) is 0 Å². The maximum absolute atomic E-state index is 14.2. The molecule has 0 bridgehead atoms. The molecule has 0 aliphatic heterocycles. The van der Waals surface area contributed by atoms with Gasteiger partial charge in [-0.05, 0) is 6.07 Å². The van der Waals surface area contributed by atoms with E-state index in [-0.39, 0.29) is 0 Å². The van der Waals surface area contributed by atoms with E-state index in [2.05, 4.69) is 0 Å². The van der Waals surface area contributed by atoms with Crippen LogP contribution in [0.2, 0.25) is 0 Å². The Kier molecular flexibility index (Phi) is 4.25. The Labute approximate surface area is 125 Å². The van der Waals surface area contributed by atoms with Crippen LogP contribution in [0.25, 0.3) is 0 Å². The van der Waals surface area contributed by atoms with Gasteiger partial charge < -0.3 is 5.11 Å². The van der Waals surface area contributed by atoms with Crippen LogP contribution in [-0.4, -0.2) is 5.11 Å². The lowest BCUT2D eigenvalue weighted by molar-refractivity contribution is -0.0650. The molecule has 130 valence electrons. The number of hydrogen-bond donors (Lipinski definition) is 1.